The first-order chi connectivity index (χ1) is 15.3. The molecule has 0 saturated carbocycles. The zero-order valence-electron chi connectivity index (χ0n) is 18.5. The van der Waals surface area contributed by atoms with Crippen molar-refractivity contribution in [3.63, 3.8) is 0 Å². The Bertz CT molecular complexity index is 1140. The number of allylic oxidation sites excluding steroid dienone is 2. The van der Waals surface area contributed by atoms with Crippen LogP contribution in [-0.2, 0) is 20.9 Å². The monoisotopic (exact) mass is 496 g/mol. The van der Waals surface area contributed by atoms with Crippen LogP contribution < -0.4 is 10.5 Å². The Hall–Kier alpha value is -3.24. The van der Waals surface area contributed by atoms with Gasteiger partial charge in [-0.3, -0.25) is 0 Å². The van der Waals surface area contributed by atoms with Crippen LogP contribution in [0.1, 0.15) is 42.0 Å². The molecule has 7 heteroatoms. The number of benzene rings is 2. The van der Waals surface area contributed by atoms with Crippen molar-refractivity contribution in [2.45, 2.75) is 40.2 Å². The number of nitrogens with zero attached hydrogens (tertiary/aromatic N) is 1. The van der Waals surface area contributed by atoms with Crippen LogP contribution in [0, 0.1) is 25.2 Å². The Kier molecular flexibility index (Phi) is 7.26. The summed E-state index contributed by atoms with van der Waals surface area (Å²) in [4.78, 5) is 12.8. The second kappa shape index (κ2) is 9.92. The Labute approximate surface area is 196 Å². The minimum Gasteiger partial charge on any atom is -0.489 e. The largest absolute Gasteiger partial charge is 0.489 e. The van der Waals surface area contributed by atoms with Crippen molar-refractivity contribution in [1.29, 1.82) is 5.26 Å². The van der Waals surface area contributed by atoms with Crippen molar-refractivity contribution in [2.75, 3.05) is 6.61 Å². The minimum atomic E-state index is -0.681. The molecule has 1 atom stereocenters. The second-order valence-corrected chi connectivity index (χ2v) is 8.41. The molecule has 3 rings (SSSR count). The summed E-state index contributed by atoms with van der Waals surface area (Å²) in [5, 5.41) is 9.83. The maximum absolute atomic E-state index is 12.8. The molecular formula is C25H25BrN2O4. The van der Waals surface area contributed by atoms with Crippen LogP contribution in [0.5, 0.6) is 5.75 Å². The van der Waals surface area contributed by atoms with Crippen molar-refractivity contribution < 1.29 is 19.0 Å². The van der Waals surface area contributed by atoms with Gasteiger partial charge < -0.3 is 19.9 Å². The molecule has 0 saturated heterocycles. The molecule has 0 bridgehead atoms. The molecule has 0 radical (unpaired) electrons. The summed E-state index contributed by atoms with van der Waals surface area (Å²) in [6.45, 7) is 7.88. The first kappa shape index (κ1) is 23.4. The lowest BCUT2D eigenvalue weighted by atomic mass is 9.80. The zero-order chi connectivity index (χ0) is 23.4. The average Bonchev–Trinajstić information content (AvgIpc) is 2.74. The molecule has 32 heavy (non-hydrogen) atoms. The molecule has 0 spiro atoms. The van der Waals surface area contributed by atoms with Gasteiger partial charge in [-0.05, 0) is 74.2 Å². The number of halogens is 1. The standard InChI is InChI=1S/C25H25BrN2O4/c1-5-30-25(29)22-16(4)32-24(28)21(12-27)23(22)20-11-17(14(2)10-15(20)3)13-31-19-8-6-18(26)7-9-19/h6-11,23H,5,13,28H2,1-4H3/t23-/m0/s1. The maximum Gasteiger partial charge on any atom is 0.338 e. The molecule has 0 amide bonds. The van der Waals surface area contributed by atoms with Gasteiger partial charge in [0.25, 0.3) is 0 Å². The fourth-order valence-corrected chi connectivity index (χ4v) is 4.00. The third-order valence-electron chi connectivity index (χ3n) is 5.34. The molecule has 2 aromatic rings. The fourth-order valence-electron chi connectivity index (χ4n) is 3.74. The van der Waals surface area contributed by atoms with E-state index < -0.39 is 11.9 Å². The summed E-state index contributed by atoms with van der Waals surface area (Å²) in [5.74, 6) is -0.137. The van der Waals surface area contributed by atoms with Crippen molar-refractivity contribution >= 4 is 21.9 Å². The third-order valence-corrected chi connectivity index (χ3v) is 5.87. The van der Waals surface area contributed by atoms with Gasteiger partial charge in [-0.2, -0.15) is 5.26 Å². The molecule has 1 aliphatic heterocycles. The second-order valence-electron chi connectivity index (χ2n) is 7.49. The van der Waals surface area contributed by atoms with E-state index >= 15 is 0 Å². The van der Waals surface area contributed by atoms with Crippen LogP contribution in [0.25, 0.3) is 0 Å². The molecule has 2 aromatic carbocycles. The Morgan fingerprint density at radius 1 is 1.19 bits per heavy atom. The summed E-state index contributed by atoms with van der Waals surface area (Å²) in [6, 6.07) is 13.7. The quantitative estimate of drug-likeness (QED) is 0.545. The Morgan fingerprint density at radius 3 is 2.50 bits per heavy atom. The van der Waals surface area contributed by atoms with Gasteiger partial charge in [0.1, 0.15) is 29.8 Å². The van der Waals surface area contributed by atoms with E-state index in [4.69, 9.17) is 19.9 Å². The normalized spacial score (nSPS) is 15.8. The molecule has 1 heterocycles. The number of nitrogens with two attached hydrogens (primary N) is 1. The molecule has 0 unspecified atom stereocenters. The van der Waals surface area contributed by atoms with Gasteiger partial charge in [-0.25, -0.2) is 4.79 Å². The van der Waals surface area contributed by atoms with Crippen LogP contribution in [-0.4, -0.2) is 12.6 Å². The molecule has 0 aromatic heterocycles. The highest BCUT2D eigenvalue weighted by atomic mass is 79.9. The Balaban J connectivity index is 2.05. The van der Waals surface area contributed by atoms with Gasteiger partial charge in [0.15, 0.2) is 0 Å². The maximum atomic E-state index is 12.8. The van der Waals surface area contributed by atoms with Crippen LogP contribution in [0.15, 0.2) is 63.7 Å². The summed E-state index contributed by atoms with van der Waals surface area (Å²) in [6.07, 6.45) is 0. The summed E-state index contributed by atoms with van der Waals surface area (Å²) in [5.41, 5.74) is 10.2. The molecule has 0 fully saturated rings. The lowest BCUT2D eigenvalue weighted by Gasteiger charge is -2.28. The highest BCUT2D eigenvalue weighted by Crippen LogP contribution is 2.41. The summed E-state index contributed by atoms with van der Waals surface area (Å²) in [7, 11) is 0. The molecule has 166 valence electrons. The van der Waals surface area contributed by atoms with Gasteiger partial charge in [0.2, 0.25) is 5.88 Å². The molecule has 2 N–H and O–H groups in total. The van der Waals surface area contributed by atoms with Gasteiger partial charge in [0, 0.05) is 4.47 Å². The molecule has 6 nitrogen and oxygen atoms in total. The summed E-state index contributed by atoms with van der Waals surface area (Å²) < 4.78 is 17.7. The van der Waals surface area contributed by atoms with Crippen LogP contribution in [0.3, 0.4) is 0 Å². The Morgan fingerprint density at radius 2 is 1.88 bits per heavy atom. The van der Waals surface area contributed by atoms with Gasteiger partial charge in [-0.1, -0.05) is 28.1 Å². The van der Waals surface area contributed by atoms with Crippen LogP contribution in [0.4, 0.5) is 0 Å². The number of ether oxygens (including phenoxy) is 3. The average molecular weight is 497 g/mol. The van der Waals surface area contributed by atoms with E-state index in [2.05, 4.69) is 22.0 Å². The highest BCUT2D eigenvalue weighted by Gasteiger charge is 2.37. The number of hydrogen-bond acceptors (Lipinski definition) is 6. The first-order valence-corrected chi connectivity index (χ1v) is 11.0. The number of carbonyl (C=O) groups excluding carboxylic acids is 1. The fraction of sp³-hybridized carbons (Fsp3) is 0.280. The van der Waals surface area contributed by atoms with E-state index in [1.807, 2.05) is 50.2 Å². The molecule has 0 aliphatic carbocycles. The number of hydrogen-bond donors (Lipinski definition) is 1. The van der Waals surface area contributed by atoms with Crippen LogP contribution in [0.2, 0.25) is 0 Å². The van der Waals surface area contributed by atoms with Crippen molar-refractivity contribution in [2.24, 2.45) is 5.73 Å². The lowest BCUT2D eigenvalue weighted by molar-refractivity contribution is -0.139. The van der Waals surface area contributed by atoms with E-state index in [0.717, 1.165) is 32.5 Å². The number of aryl methyl sites for hydroxylation is 2. The van der Waals surface area contributed by atoms with Crippen molar-refractivity contribution in [3.05, 3.63) is 85.9 Å². The first-order valence-electron chi connectivity index (χ1n) is 10.2. The predicted octanol–water partition coefficient (Wildman–Crippen LogP) is 5.29. The number of rotatable bonds is 6. The lowest BCUT2D eigenvalue weighted by Crippen LogP contribution is -2.26. The SMILES string of the molecule is CCOC(=O)C1=C(C)OC(N)=C(C#N)[C@@H]1c1cc(COc2ccc(Br)cc2)c(C)cc1C. The van der Waals surface area contributed by atoms with E-state index in [-0.39, 0.29) is 23.6 Å². The number of esters is 1. The van der Waals surface area contributed by atoms with Crippen LogP contribution >= 0.6 is 15.9 Å². The number of carbonyl (C=O) groups is 1. The highest BCUT2D eigenvalue weighted by molar-refractivity contribution is 9.10. The van der Waals surface area contributed by atoms with E-state index in [1.54, 1.807) is 13.8 Å². The summed E-state index contributed by atoms with van der Waals surface area (Å²) >= 11 is 3.42. The van der Waals surface area contributed by atoms with E-state index in [9.17, 15) is 10.1 Å². The van der Waals surface area contributed by atoms with E-state index in [1.165, 1.54) is 0 Å². The third kappa shape index (κ3) is 4.81. The topological polar surface area (TPSA) is 94.6 Å². The molecular weight excluding hydrogens is 472 g/mol. The molecule has 1 aliphatic rings. The number of nitriles is 1. The van der Waals surface area contributed by atoms with Gasteiger partial charge in [0.05, 0.1) is 18.1 Å². The predicted molar refractivity (Wildman–Crippen MR) is 124 cm³/mol. The van der Waals surface area contributed by atoms with E-state index in [0.29, 0.717) is 12.4 Å². The minimum absolute atomic E-state index is 0.00399. The van der Waals surface area contributed by atoms with Crippen molar-refractivity contribution in [1.82, 2.24) is 0 Å². The van der Waals surface area contributed by atoms with Gasteiger partial charge >= 0.3 is 5.97 Å². The van der Waals surface area contributed by atoms with Gasteiger partial charge in [-0.15, -0.1) is 0 Å². The zero-order valence-corrected chi connectivity index (χ0v) is 20.1. The van der Waals surface area contributed by atoms with Crippen molar-refractivity contribution in [3.8, 4) is 11.8 Å². The smallest absolute Gasteiger partial charge is 0.338 e.